The summed E-state index contributed by atoms with van der Waals surface area (Å²) in [5.41, 5.74) is -0.0221. The Hall–Kier alpha value is -3.03. The van der Waals surface area contributed by atoms with Crippen LogP contribution < -0.4 is 15.0 Å². The molecule has 1 heterocycles. The Morgan fingerprint density at radius 3 is 2.44 bits per heavy atom. The molecule has 0 aromatic heterocycles. The van der Waals surface area contributed by atoms with Crippen LogP contribution in [-0.4, -0.2) is 25.5 Å². The molecule has 5 nitrogen and oxygen atoms in total. The molecule has 3 rings (SSSR count). The molecular weight excluding hydrogens is 361 g/mol. The molecule has 2 aromatic carbocycles. The number of amides is 2. The topological polar surface area (TPSA) is 58.6 Å². The zero-order chi connectivity index (χ0) is 19.6. The highest BCUT2D eigenvalue weighted by molar-refractivity contribution is 6.13. The van der Waals surface area contributed by atoms with Gasteiger partial charge in [0.2, 0.25) is 11.8 Å². The van der Waals surface area contributed by atoms with Crippen molar-refractivity contribution in [2.75, 3.05) is 23.9 Å². The van der Waals surface area contributed by atoms with Crippen molar-refractivity contribution in [1.82, 2.24) is 0 Å². The molecule has 1 unspecified atom stereocenters. The minimum absolute atomic E-state index is 0.205. The summed E-state index contributed by atoms with van der Waals surface area (Å²) in [4.78, 5) is 26.6. The number of alkyl halides is 3. The van der Waals surface area contributed by atoms with Crippen molar-refractivity contribution in [2.24, 2.45) is 5.92 Å². The first-order chi connectivity index (χ1) is 12.8. The van der Waals surface area contributed by atoms with Crippen LogP contribution in [-0.2, 0) is 15.8 Å². The van der Waals surface area contributed by atoms with Gasteiger partial charge >= 0.3 is 6.18 Å². The number of benzene rings is 2. The van der Waals surface area contributed by atoms with Gasteiger partial charge in [0.1, 0.15) is 11.7 Å². The molecule has 0 saturated carbocycles. The number of nitrogens with zero attached hydrogens (tertiary/aromatic N) is 1. The van der Waals surface area contributed by atoms with Crippen molar-refractivity contribution >= 4 is 23.2 Å². The highest BCUT2D eigenvalue weighted by Crippen LogP contribution is 2.33. The second-order valence-electron chi connectivity index (χ2n) is 6.07. The van der Waals surface area contributed by atoms with Gasteiger partial charge in [0.25, 0.3) is 0 Å². The van der Waals surface area contributed by atoms with Gasteiger partial charge in [-0.3, -0.25) is 9.59 Å². The summed E-state index contributed by atoms with van der Waals surface area (Å²) in [7, 11) is 1.49. The lowest BCUT2D eigenvalue weighted by Gasteiger charge is -2.19. The number of ether oxygens (including phenoxy) is 1. The van der Waals surface area contributed by atoms with Gasteiger partial charge in [0.05, 0.1) is 18.4 Å². The van der Waals surface area contributed by atoms with Crippen LogP contribution in [0.4, 0.5) is 24.5 Å². The summed E-state index contributed by atoms with van der Waals surface area (Å²) in [5.74, 6) is -1.30. The van der Waals surface area contributed by atoms with Gasteiger partial charge in [-0.1, -0.05) is 12.1 Å². The molecule has 1 aliphatic rings. The van der Waals surface area contributed by atoms with Crippen molar-refractivity contribution in [3.8, 4) is 5.75 Å². The van der Waals surface area contributed by atoms with Crippen LogP contribution in [0.25, 0.3) is 0 Å². The van der Waals surface area contributed by atoms with Gasteiger partial charge in [-0.25, -0.2) is 0 Å². The monoisotopic (exact) mass is 378 g/mol. The third-order valence-corrected chi connectivity index (χ3v) is 4.38. The Bertz CT molecular complexity index is 850. The van der Waals surface area contributed by atoms with Crippen LogP contribution in [0.1, 0.15) is 12.0 Å². The second kappa shape index (κ2) is 7.30. The maximum Gasteiger partial charge on any atom is 0.416 e. The van der Waals surface area contributed by atoms with Crippen molar-refractivity contribution in [1.29, 1.82) is 0 Å². The Morgan fingerprint density at radius 2 is 1.81 bits per heavy atom. The van der Waals surface area contributed by atoms with Crippen LogP contribution in [0.15, 0.2) is 48.5 Å². The molecule has 2 aromatic rings. The molecule has 1 aliphatic heterocycles. The lowest BCUT2D eigenvalue weighted by Crippen LogP contribution is -2.33. The van der Waals surface area contributed by atoms with E-state index < -0.39 is 23.6 Å². The summed E-state index contributed by atoms with van der Waals surface area (Å²) in [5, 5.41) is 2.51. The number of halogens is 3. The molecule has 0 aliphatic carbocycles. The molecule has 142 valence electrons. The first-order valence-corrected chi connectivity index (χ1v) is 8.24. The molecule has 0 radical (unpaired) electrons. The lowest BCUT2D eigenvalue weighted by atomic mass is 10.1. The van der Waals surface area contributed by atoms with Gasteiger partial charge in [-0.05, 0) is 42.8 Å². The van der Waals surface area contributed by atoms with Gasteiger partial charge < -0.3 is 15.0 Å². The quantitative estimate of drug-likeness (QED) is 0.826. The number of anilines is 2. The van der Waals surface area contributed by atoms with E-state index in [4.69, 9.17) is 4.74 Å². The predicted octanol–water partition coefficient (Wildman–Crippen LogP) is 3.71. The van der Waals surface area contributed by atoms with Crippen molar-refractivity contribution < 1.29 is 27.5 Å². The molecule has 1 saturated heterocycles. The van der Waals surface area contributed by atoms with E-state index in [2.05, 4.69) is 5.32 Å². The highest BCUT2D eigenvalue weighted by atomic mass is 19.4. The van der Waals surface area contributed by atoms with E-state index in [0.717, 1.165) is 24.3 Å². The first-order valence-electron chi connectivity index (χ1n) is 8.24. The largest absolute Gasteiger partial charge is 0.495 e. The fourth-order valence-electron chi connectivity index (χ4n) is 2.99. The summed E-state index contributed by atoms with van der Waals surface area (Å²) in [6, 6.07) is 11.1. The Kier molecular flexibility index (Phi) is 5.07. The van der Waals surface area contributed by atoms with E-state index in [1.165, 1.54) is 12.0 Å². The molecule has 2 amide bonds. The van der Waals surface area contributed by atoms with E-state index in [9.17, 15) is 22.8 Å². The van der Waals surface area contributed by atoms with Gasteiger partial charge in [0.15, 0.2) is 0 Å². The van der Waals surface area contributed by atoms with E-state index in [1.807, 2.05) is 0 Å². The van der Waals surface area contributed by atoms with Crippen LogP contribution >= 0.6 is 0 Å². The van der Waals surface area contributed by atoms with Crippen LogP contribution in [0.2, 0.25) is 0 Å². The minimum atomic E-state index is -4.45. The van der Waals surface area contributed by atoms with Crippen LogP contribution in [0.5, 0.6) is 5.75 Å². The molecule has 1 atom stereocenters. The van der Waals surface area contributed by atoms with Gasteiger partial charge in [-0.2, -0.15) is 13.2 Å². The first kappa shape index (κ1) is 18.8. The zero-order valence-corrected chi connectivity index (χ0v) is 14.4. The average molecular weight is 378 g/mol. The number of methoxy groups -OCH3 is 1. The van der Waals surface area contributed by atoms with Gasteiger partial charge in [-0.15, -0.1) is 0 Å². The van der Waals surface area contributed by atoms with Crippen LogP contribution in [0, 0.1) is 5.92 Å². The average Bonchev–Trinajstić information content (AvgIpc) is 3.02. The van der Waals surface area contributed by atoms with Crippen molar-refractivity contribution in [3.05, 3.63) is 54.1 Å². The van der Waals surface area contributed by atoms with E-state index >= 15 is 0 Å². The fraction of sp³-hybridized carbons (Fsp3) is 0.263. The molecular formula is C19H17F3N2O3. The summed E-state index contributed by atoms with van der Waals surface area (Å²) < 4.78 is 43.0. The third-order valence-electron chi connectivity index (χ3n) is 4.38. The minimum Gasteiger partial charge on any atom is -0.495 e. The van der Waals surface area contributed by atoms with E-state index in [0.29, 0.717) is 24.4 Å². The number of hydrogen-bond acceptors (Lipinski definition) is 3. The molecule has 0 bridgehead atoms. The molecule has 1 fully saturated rings. The van der Waals surface area contributed by atoms with Crippen LogP contribution in [0.3, 0.4) is 0 Å². The Morgan fingerprint density at radius 1 is 1.15 bits per heavy atom. The predicted molar refractivity (Wildman–Crippen MR) is 93.5 cm³/mol. The van der Waals surface area contributed by atoms with Gasteiger partial charge in [0, 0.05) is 12.2 Å². The smallest absolute Gasteiger partial charge is 0.416 e. The van der Waals surface area contributed by atoms with E-state index in [-0.39, 0.29) is 11.6 Å². The highest BCUT2D eigenvalue weighted by Gasteiger charge is 2.38. The number of para-hydroxylation sites is 2. The standard InChI is InChI=1S/C19H17F3N2O3/c1-27-16-5-3-2-4-15(16)24-11-10-14(18(24)26)17(25)23-13-8-6-12(7-9-13)19(20,21)22/h2-9,14H,10-11H2,1H3,(H,23,25). The summed E-state index contributed by atoms with van der Waals surface area (Å²) in [6.07, 6.45) is -4.14. The Labute approximate surface area is 153 Å². The fourth-order valence-corrected chi connectivity index (χ4v) is 2.99. The molecule has 1 N–H and O–H groups in total. The maximum absolute atomic E-state index is 12.7. The molecule has 27 heavy (non-hydrogen) atoms. The normalized spacial score (nSPS) is 17.1. The number of carbonyl (C=O) groups excluding carboxylic acids is 2. The number of hydrogen-bond donors (Lipinski definition) is 1. The van der Waals surface area contributed by atoms with Crippen molar-refractivity contribution in [2.45, 2.75) is 12.6 Å². The third kappa shape index (κ3) is 3.89. The number of rotatable bonds is 4. The second-order valence-corrected chi connectivity index (χ2v) is 6.07. The maximum atomic E-state index is 12.7. The zero-order valence-electron chi connectivity index (χ0n) is 14.4. The Balaban J connectivity index is 1.70. The number of carbonyl (C=O) groups is 2. The summed E-state index contributed by atoms with van der Waals surface area (Å²) >= 11 is 0. The number of nitrogens with one attached hydrogen (secondary N) is 1. The SMILES string of the molecule is COc1ccccc1N1CCC(C(=O)Nc2ccc(C(F)(F)F)cc2)C1=O. The molecule has 8 heteroatoms. The summed E-state index contributed by atoms with van der Waals surface area (Å²) in [6.45, 7) is 0.351. The van der Waals surface area contributed by atoms with Crippen molar-refractivity contribution in [3.63, 3.8) is 0 Å². The van der Waals surface area contributed by atoms with E-state index in [1.54, 1.807) is 24.3 Å². The molecule has 0 spiro atoms. The lowest BCUT2D eigenvalue weighted by molar-refractivity contribution is -0.137.